The van der Waals surface area contributed by atoms with E-state index >= 15 is 0 Å². The summed E-state index contributed by atoms with van der Waals surface area (Å²) in [4.78, 5) is 40.5. The molecule has 7 heteroatoms. The van der Waals surface area contributed by atoms with E-state index in [9.17, 15) is 14.4 Å². The van der Waals surface area contributed by atoms with Crippen LogP contribution >= 0.6 is 0 Å². The lowest BCUT2D eigenvalue weighted by Crippen LogP contribution is -2.57. The van der Waals surface area contributed by atoms with Crippen LogP contribution in [0.5, 0.6) is 0 Å². The lowest BCUT2D eigenvalue weighted by atomic mass is 10.2. The summed E-state index contributed by atoms with van der Waals surface area (Å²) >= 11 is 0. The maximum atomic E-state index is 12.3. The number of urea groups is 2. The predicted octanol–water partition coefficient (Wildman–Crippen LogP) is -0.316. The van der Waals surface area contributed by atoms with Gasteiger partial charge < -0.3 is 14.7 Å². The molecule has 0 aromatic heterocycles. The van der Waals surface area contributed by atoms with E-state index in [1.807, 2.05) is 4.90 Å². The Balaban J connectivity index is 1.66. The normalized spacial score (nSPS) is 30.7. The molecule has 0 radical (unpaired) electrons. The SMILES string of the molecule is CC1CCN(C(=O)N2CCN3C(=O)NC(=O)C3C2)C1. The van der Waals surface area contributed by atoms with E-state index in [0.29, 0.717) is 25.6 Å². The molecule has 3 rings (SSSR count). The lowest BCUT2D eigenvalue weighted by Gasteiger charge is -2.37. The van der Waals surface area contributed by atoms with E-state index in [4.69, 9.17) is 0 Å². The lowest BCUT2D eigenvalue weighted by molar-refractivity contribution is -0.122. The van der Waals surface area contributed by atoms with Gasteiger partial charge in [0.1, 0.15) is 6.04 Å². The van der Waals surface area contributed by atoms with Gasteiger partial charge in [0.15, 0.2) is 0 Å². The van der Waals surface area contributed by atoms with Gasteiger partial charge in [0.05, 0.1) is 6.54 Å². The molecule has 0 aromatic carbocycles. The Morgan fingerprint density at radius 2 is 1.89 bits per heavy atom. The number of carbonyl (C=O) groups is 3. The Morgan fingerprint density at radius 3 is 2.58 bits per heavy atom. The fourth-order valence-corrected chi connectivity index (χ4v) is 2.99. The second-order valence-electron chi connectivity index (χ2n) is 5.57. The van der Waals surface area contributed by atoms with E-state index in [-0.39, 0.29) is 18.0 Å². The third-order valence-electron chi connectivity index (χ3n) is 4.14. The van der Waals surface area contributed by atoms with Gasteiger partial charge in [0.25, 0.3) is 5.91 Å². The van der Waals surface area contributed by atoms with Crippen LogP contribution in [0.2, 0.25) is 0 Å². The van der Waals surface area contributed by atoms with Crippen LogP contribution in [0.4, 0.5) is 9.59 Å². The average Bonchev–Trinajstić information content (AvgIpc) is 2.94. The highest BCUT2D eigenvalue weighted by Crippen LogP contribution is 2.20. The molecule has 0 saturated carbocycles. The second-order valence-corrected chi connectivity index (χ2v) is 5.57. The Morgan fingerprint density at radius 1 is 1.16 bits per heavy atom. The Hall–Kier alpha value is -1.79. The van der Waals surface area contributed by atoms with E-state index in [1.54, 1.807) is 4.90 Å². The largest absolute Gasteiger partial charge is 0.324 e. The van der Waals surface area contributed by atoms with Gasteiger partial charge in [-0.1, -0.05) is 6.92 Å². The Bertz CT molecular complexity index is 439. The topological polar surface area (TPSA) is 73.0 Å². The number of nitrogens with zero attached hydrogens (tertiary/aromatic N) is 3. The van der Waals surface area contributed by atoms with Crippen LogP contribution in [0.15, 0.2) is 0 Å². The van der Waals surface area contributed by atoms with Crippen LogP contribution in [0.1, 0.15) is 13.3 Å². The van der Waals surface area contributed by atoms with Crippen molar-refractivity contribution in [3.8, 4) is 0 Å². The van der Waals surface area contributed by atoms with Crippen LogP contribution in [0.25, 0.3) is 0 Å². The summed E-state index contributed by atoms with van der Waals surface area (Å²) in [5.74, 6) is 0.249. The molecule has 19 heavy (non-hydrogen) atoms. The minimum atomic E-state index is -0.509. The molecule has 0 spiro atoms. The highest BCUT2D eigenvalue weighted by Gasteiger charge is 2.43. The molecule has 5 amide bonds. The van der Waals surface area contributed by atoms with Gasteiger partial charge in [-0.2, -0.15) is 0 Å². The molecule has 1 N–H and O–H groups in total. The zero-order valence-corrected chi connectivity index (χ0v) is 11.0. The summed E-state index contributed by atoms with van der Waals surface area (Å²) in [6.45, 7) is 4.94. The third-order valence-corrected chi connectivity index (χ3v) is 4.14. The van der Waals surface area contributed by atoms with E-state index in [1.165, 1.54) is 4.90 Å². The molecule has 0 aromatic rings. The first kappa shape index (κ1) is 12.3. The first-order valence-corrected chi connectivity index (χ1v) is 6.71. The van der Waals surface area contributed by atoms with Gasteiger partial charge in [-0.05, 0) is 12.3 Å². The van der Waals surface area contributed by atoms with Crippen LogP contribution in [-0.2, 0) is 4.79 Å². The number of fused-ring (bicyclic) bond motifs is 1. The highest BCUT2D eigenvalue weighted by molar-refractivity contribution is 6.04. The van der Waals surface area contributed by atoms with Crippen molar-refractivity contribution in [2.24, 2.45) is 5.92 Å². The van der Waals surface area contributed by atoms with Crippen molar-refractivity contribution in [1.29, 1.82) is 0 Å². The number of carbonyl (C=O) groups excluding carboxylic acids is 3. The molecule has 0 bridgehead atoms. The molecule has 3 aliphatic rings. The molecule has 2 atom stereocenters. The van der Waals surface area contributed by atoms with E-state index < -0.39 is 6.04 Å². The third kappa shape index (κ3) is 2.02. The summed E-state index contributed by atoms with van der Waals surface area (Å²) < 4.78 is 0. The summed E-state index contributed by atoms with van der Waals surface area (Å²) in [5, 5.41) is 2.29. The molecular formula is C12H18N4O3. The highest BCUT2D eigenvalue weighted by atomic mass is 16.2. The van der Waals surface area contributed by atoms with Crippen LogP contribution in [0, 0.1) is 5.92 Å². The maximum absolute atomic E-state index is 12.3. The zero-order valence-electron chi connectivity index (χ0n) is 11.0. The smallest absolute Gasteiger partial charge is 0.324 e. The van der Waals surface area contributed by atoms with Crippen molar-refractivity contribution >= 4 is 18.0 Å². The van der Waals surface area contributed by atoms with Gasteiger partial charge in [0, 0.05) is 26.2 Å². The average molecular weight is 266 g/mol. The maximum Gasteiger partial charge on any atom is 0.324 e. The van der Waals surface area contributed by atoms with Gasteiger partial charge in [-0.25, -0.2) is 9.59 Å². The number of rotatable bonds is 0. The van der Waals surface area contributed by atoms with Crippen molar-refractivity contribution in [2.45, 2.75) is 19.4 Å². The minimum absolute atomic E-state index is 0.00357. The van der Waals surface area contributed by atoms with Gasteiger partial charge >= 0.3 is 12.1 Å². The monoisotopic (exact) mass is 266 g/mol. The van der Waals surface area contributed by atoms with Crippen molar-refractivity contribution in [1.82, 2.24) is 20.0 Å². The molecule has 2 unspecified atom stereocenters. The number of hydrogen-bond donors (Lipinski definition) is 1. The quantitative estimate of drug-likeness (QED) is 0.611. The number of nitrogens with one attached hydrogen (secondary N) is 1. The second kappa shape index (κ2) is 4.40. The molecule has 7 nitrogen and oxygen atoms in total. The number of imide groups is 1. The first-order chi connectivity index (χ1) is 9.06. The van der Waals surface area contributed by atoms with Crippen molar-refractivity contribution in [3.05, 3.63) is 0 Å². The van der Waals surface area contributed by atoms with E-state index in [0.717, 1.165) is 19.5 Å². The van der Waals surface area contributed by atoms with Gasteiger partial charge in [0.2, 0.25) is 0 Å². The first-order valence-electron chi connectivity index (χ1n) is 6.71. The number of likely N-dealkylation sites (tertiary alicyclic amines) is 1. The molecule has 3 heterocycles. The number of hydrogen-bond acceptors (Lipinski definition) is 3. The fraction of sp³-hybridized carbons (Fsp3) is 0.750. The van der Waals surface area contributed by atoms with Crippen molar-refractivity contribution in [3.63, 3.8) is 0 Å². The van der Waals surface area contributed by atoms with Crippen LogP contribution < -0.4 is 5.32 Å². The Labute approximate surface area is 111 Å². The minimum Gasteiger partial charge on any atom is -0.324 e. The standard InChI is InChI=1S/C12H18N4O3/c1-8-2-3-14(6-8)12(19)15-4-5-16-9(7-15)10(17)13-11(16)18/h8-9H,2-7H2,1H3,(H,13,17,18). The molecule has 0 aliphatic carbocycles. The summed E-state index contributed by atoms with van der Waals surface area (Å²) in [5.41, 5.74) is 0. The van der Waals surface area contributed by atoms with Crippen molar-refractivity contribution in [2.75, 3.05) is 32.7 Å². The van der Waals surface area contributed by atoms with Gasteiger partial charge in [-0.3, -0.25) is 10.1 Å². The predicted molar refractivity (Wildman–Crippen MR) is 66.4 cm³/mol. The van der Waals surface area contributed by atoms with Crippen molar-refractivity contribution < 1.29 is 14.4 Å². The van der Waals surface area contributed by atoms with Crippen LogP contribution in [0.3, 0.4) is 0 Å². The summed E-state index contributed by atoms with van der Waals surface area (Å²) in [6, 6.07) is -0.849. The Kier molecular flexibility index (Phi) is 2.83. The molecule has 3 fully saturated rings. The number of amides is 5. The van der Waals surface area contributed by atoms with Crippen LogP contribution in [-0.4, -0.2) is 71.4 Å². The summed E-state index contributed by atoms with van der Waals surface area (Å²) in [7, 11) is 0. The molecule has 3 aliphatic heterocycles. The number of piperazine rings is 1. The molecule has 104 valence electrons. The zero-order chi connectivity index (χ0) is 13.6. The van der Waals surface area contributed by atoms with E-state index in [2.05, 4.69) is 12.2 Å². The fourth-order valence-electron chi connectivity index (χ4n) is 2.99. The summed E-state index contributed by atoms with van der Waals surface area (Å²) in [6.07, 6.45) is 1.04. The molecular weight excluding hydrogens is 248 g/mol. The van der Waals surface area contributed by atoms with Gasteiger partial charge in [-0.15, -0.1) is 0 Å². The molecule has 3 saturated heterocycles.